The van der Waals surface area contributed by atoms with Crippen LogP contribution in [-0.2, 0) is 4.79 Å². The van der Waals surface area contributed by atoms with Crippen molar-refractivity contribution in [3.05, 3.63) is 35.6 Å². The smallest absolute Gasteiger partial charge is 0.225 e. The van der Waals surface area contributed by atoms with Crippen molar-refractivity contribution in [1.29, 1.82) is 0 Å². The largest absolute Gasteiger partial charge is 0.387 e. The van der Waals surface area contributed by atoms with Crippen molar-refractivity contribution in [2.45, 2.75) is 32.8 Å². The second kappa shape index (κ2) is 8.41. The second-order valence-corrected chi connectivity index (χ2v) is 6.15. The number of carbonyl (C=O) groups excluding carboxylic acids is 1. The molecule has 1 fully saturated rings. The molecule has 0 bridgehead atoms. The van der Waals surface area contributed by atoms with E-state index in [0.717, 1.165) is 44.6 Å². The first-order valence-corrected chi connectivity index (χ1v) is 8.49. The number of halogens is 1. The van der Waals surface area contributed by atoms with Gasteiger partial charge in [0, 0.05) is 25.6 Å². The van der Waals surface area contributed by atoms with Crippen molar-refractivity contribution in [1.82, 2.24) is 9.80 Å². The standard InChI is InChI=1S/C18H27FN2O2/c1-3-21(4-2)18(23)15-9-11-20(12-10-15)13-17(22)14-5-7-16(19)8-6-14/h5-8,15,17,22H,3-4,9-13H2,1-2H3. The Hall–Kier alpha value is -1.46. The minimum absolute atomic E-state index is 0.106. The summed E-state index contributed by atoms with van der Waals surface area (Å²) in [6.07, 6.45) is 1.06. The molecule has 1 atom stereocenters. The summed E-state index contributed by atoms with van der Waals surface area (Å²) in [5.41, 5.74) is 0.729. The fourth-order valence-corrected chi connectivity index (χ4v) is 3.19. The topological polar surface area (TPSA) is 43.8 Å². The Bertz CT molecular complexity index is 494. The summed E-state index contributed by atoms with van der Waals surface area (Å²) >= 11 is 0. The normalized spacial score (nSPS) is 17.9. The van der Waals surface area contributed by atoms with Gasteiger partial charge in [-0.3, -0.25) is 4.79 Å². The fraction of sp³-hybridized carbons (Fsp3) is 0.611. The van der Waals surface area contributed by atoms with E-state index >= 15 is 0 Å². The van der Waals surface area contributed by atoms with Crippen molar-refractivity contribution in [3.63, 3.8) is 0 Å². The average Bonchev–Trinajstić information content (AvgIpc) is 2.57. The number of β-amino-alcohol motifs (C(OH)–C–C–N with tert-alkyl or cyclic N) is 1. The molecule has 23 heavy (non-hydrogen) atoms. The molecule has 1 aliphatic rings. The van der Waals surface area contributed by atoms with Crippen LogP contribution in [0.3, 0.4) is 0 Å². The maximum atomic E-state index is 12.9. The lowest BCUT2D eigenvalue weighted by Crippen LogP contribution is -2.43. The predicted molar refractivity (Wildman–Crippen MR) is 88.5 cm³/mol. The van der Waals surface area contributed by atoms with Crippen LogP contribution in [0, 0.1) is 11.7 Å². The molecule has 0 aromatic heterocycles. The highest BCUT2D eigenvalue weighted by Crippen LogP contribution is 2.22. The van der Waals surface area contributed by atoms with Gasteiger partial charge in [0.2, 0.25) is 5.91 Å². The summed E-state index contributed by atoms with van der Waals surface area (Å²) in [5.74, 6) is 0.0690. The van der Waals surface area contributed by atoms with Crippen molar-refractivity contribution >= 4 is 5.91 Å². The lowest BCUT2D eigenvalue weighted by molar-refractivity contribution is -0.136. The van der Waals surface area contributed by atoms with Gasteiger partial charge in [0.15, 0.2) is 0 Å². The van der Waals surface area contributed by atoms with E-state index < -0.39 is 6.10 Å². The maximum Gasteiger partial charge on any atom is 0.225 e. The molecule has 0 saturated carbocycles. The van der Waals surface area contributed by atoms with Gasteiger partial charge >= 0.3 is 0 Å². The molecule has 0 aliphatic carbocycles. The van der Waals surface area contributed by atoms with Crippen LogP contribution in [0.1, 0.15) is 38.4 Å². The molecule has 1 unspecified atom stereocenters. The number of aliphatic hydroxyl groups excluding tert-OH is 1. The monoisotopic (exact) mass is 322 g/mol. The summed E-state index contributed by atoms with van der Waals surface area (Å²) in [4.78, 5) is 16.4. The van der Waals surface area contributed by atoms with Crippen LogP contribution in [0.25, 0.3) is 0 Å². The van der Waals surface area contributed by atoms with E-state index in [-0.39, 0.29) is 17.6 Å². The third-order valence-corrected chi connectivity index (χ3v) is 4.70. The molecular formula is C18H27FN2O2. The average molecular weight is 322 g/mol. The highest BCUT2D eigenvalue weighted by atomic mass is 19.1. The summed E-state index contributed by atoms with van der Waals surface area (Å²) in [6.45, 7) is 7.70. The molecule has 1 aliphatic heterocycles. The van der Waals surface area contributed by atoms with E-state index in [2.05, 4.69) is 4.90 Å². The molecule has 5 heteroatoms. The first-order chi connectivity index (χ1) is 11.0. The lowest BCUT2D eigenvalue weighted by Gasteiger charge is -2.34. The molecule has 0 radical (unpaired) electrons. The van der Waals surface area contributed by atoms with Crippen molar-refractivity contribution in [3.8, 4) is 0 Å². The predicted octanol–water partition coefficient (Wildman–Crippen LogP) is 2.44. The number of aliphatic hydroxyl groups is 1. The maximum absolute atomic E-state index is 12.9. The molecule has 128 valence electrons. The molecule has 4 nitrogen and oxygen atoms in total. The van der Waals surface area contributed by atoms with Gasteiger partial charge in [0.05, 0.1) is 6.10 Å². The Kier molecular flexibility index (Phi) is 6.54. The SMILES string of the molecule is CCN(CC)C(=O)C1CCN(CC(O)c2ccc(F)cc2)CC1. The number of nitrogens with zero attached hydrogens (tertiary/aromatic N) is 2. The zero-order valence-corrected chi connectivity index (χ0v) is 14.0. The van der Waals surface area contributed by atoms with Gasteiger partial charge in [-0.1, -0.05) is 12.1 Å². The van der Waals surface area contributed by atoms with Crippen LogP contribution in [0.5, 0.6) is 0 Å². The van der Waals surface area contributed by atoms with Gasteiger partial charge in [0.1, 0.15) is 5.82 Å². The third kappa shape index (κ3) is 4.75. The highest BCUT2D eigenvalue weighted by Gasteiger charge is 2.28. The summed E-state index contributed by atoms with van der Waals surface area (Å²) < 4.78 is 12.9. The molecule has 1 aromatic carbocycles. The Morgan fingerprint density at radius 2 is 1.83 bits per heavy atom. The van der Waals surface area contributed by atoms with Crippen molar-refractivity contribution in [2.24, 2.45) is 5.92 Å². The second-order valence-electron chi connectivity index (χ2n) is 6.15. The number of rotatable bonds is 6. The number of hydrogen-bond acceptors (Lipinski definition) is 3. The van der Waals surface area contributed by atoms with E-state index in [1.54, 1.807) is 12.1 Å². The molecule has 1 saturated heterocycles. The highest BCUT2D eigenvalue weighted by molar-refractivity contribution is 5.78. The molecule has 2 rings (SSSR count). The van der Waals surface area contributed by atoms with Crippen LogP contribution in [0.4, 0.5) is 4.39 Å². The number of likely N-dealkylation sites (tertiary alicyclic amines) is 1. The minimum atomic E-state index is -0.620. The molecule has 1 amide bonds. The summed E-state index contributed by atoms with van der Waals surface area (Å²) in [5, 5.41) is 10.3. The Balaban J connectivity index is 1.82. The van der Waals surface area contributed by atoms with Crippen molar-refractivity contribution in [2.75, 3.05) is 32.7 Å². The van der Waals surface area contributed by atoms with Crippen LogP contribution >= 0.6 is 0 Å². The number of hydrogen-bond donors (Lipinski definition) is 1. The Morgan fingerprint density at radius 1 is 1.26 bits per heavy atom. The van der Waals surface area contributed by atoms with Crippen LogP contribution < -0.4 is 0 Å². The molecule has 1 heterocycles. The van der Waals surface area contributed by atoms with Crippen molar-refractivity contribution < 1.29 is 14.3 Å². The number of carbonyl (C=O) groups is 1. The summed E-state index contributed by atoms with van der Waals surface area (Å²) in [6, 6.07) is 5.98. The number of amides is 1. The quantitative estimate of drug-likeness (QED) is 0.875. The van der Waals surface area contributed by atoms with Gasteiger partial charge in [0.25, 0.3) is 0 Å². The van der Waals surface area contributed by atoms with Gasteiger partial charge in [-0.2, -0.15) is 0 Å². The number of piperidine rings is 1. The molecule has 1 aromatic rings. The summed E-state index contributed by atoms with van der Waals surface area (Å²) in [7, 11) is 0. The van der Waals surface area contributed by atoms with E-state index in [1.165, 1.54) is 12.1 Å². The zero-order chi connectivity index (χ0) is 16.8. The molecule has 1 N–H and O–H groups in total. The van der Waals surface area contributed by atoms with E-state index in [4.69, 9.17) is 0 Å². The van der Waals surface area contributed by atoms with Gasteiger partial charge in [-0.05, 0) is 57.5 Å². The van der Waals surface area contributed by atoms with E-state index in [1.807, 2.05) is 18.7 Å². The van der Waals surface area contributed by atoms with Gasteiger partial charge in [-0.25, -0.2) is 4.39 Å². The van der Waals surface area contributed by atoms with Crippen LogP contribution in [-0.4, -0.2) is 53.5 Å². The molecular weight excluding hydrogens is 295 g/mol. The first kappa shape index (κ1) is 17.9. The fourth-order valence-electron chi connectivity index (χ4n) is 3.19. The van der Waals surface area contributed by atoms with E-state index in [0.29, 0.717) is 6.54 Å². The Labute approximate surface area is 137 Å². The van der Waals surface area contributed by atoms with Gasteiger partial charge in [-0.15, -0.1) is 0 Å². The minimum Gasteiger partial charge on any atom is -0.387 e. The lowest BCUT2D eigenvalue weighted by atomic mass is 9.94. The van der Waals surface area contributed by atoms with Gasteiger partial charge < -0.3 is 14.9 Å². The van der Waals surface area contributed by atoms with Crippen LogP contribution in [0.2, 0.25) is 0 Å². The van der Waals surface area contributed by atoms with E-state index in [9.17, 15) is 14.3 Å². The first-order valence-electron chi connectivity index (χ1n) is 8.49. The number of benzene rings is 1. The zero-order valence-electron chi connectivity index (χ0n) is 14.0. The van der Waals surface area contributed by atoms with Crippen LogP contribution in [0.15, 0.2) is 24.3 Å². The Morgan fingerprint density at radius 3 is 2.35 bits per heavy atom. The molecule has 0 spiro atoms. The third-order valence-electron chi connectivity index (χ3n) is 4.70.